The van der Waals surface area contributed by atoms with E-state index in [1.807, 2.05) is 0 Å². The second-order valence-corrected chi connectivity index (χ2v) is 44.7. The highest BCUT2D eigenvalue weighted by atomic mass is 31.3. The number of ether oxygens (including phenoxy) is 5. The average Bonchev–Trinajstić information content (AvgIpc) is 1.58. The summed E-state index contributed by atoms with van der Waals surface area (Å²) in [5.74, 6) is -4.92. The van der Waals surface area contributed by atoms with Crippen molar-refractivity contribution in [2.24, 2.45) is 25.9 Å². The van der Waals surface area contributed by atoms with Crippen LogP contribution < -0.4 is 21.3 Å². The third kappa shape index (κ3) is 32.0. The number of fused-ring (bicyclic) bond motifs is 1. The van der Waals surface area contributed by atoms with Crippen LogP contribution in [0, 0.1) is 6.92 Å². The quantitative estimate of drug-likeness (QED) is 0.00968. The lowest BCUT2D eigenvalue weighted by molar-refractivity contribution is -0.207. The average molecular weight is 2240 g/mol. The van der Waals surface area contributed by atoms with Crippen molar-refractivity contribution in [3.63, 3.8) is 0 Å². The fraction of sp³-hybridized carbons (Fsp3) is 0.583. The summed E-state index contributed by atoms with van der Waals surface area (Å²) in [5, 5.41) is 80.0. The van der Waals surface area contributed by atoms with Gasteiger partial charge in [0.1, 0.15) is 85.3 Å². The van der Waals surface area contributed by atoms with Crippen LogP contribution in [0.1, 0.15) is 19.0 Å². The lowest BCUT2D eigenvalue weighted by atomic mass is 9.87. The predicted octanol–water partition coefficient (Wildman–Crippen LogP) is -0.791. The van der Waals surface area contributed by atoms with Crippen LogP contribution in [0.5, 0.6) is 5.88 Å². The number of hydrogen-bond donors (Lipinski definition) is 26. The zero-order valence-corrected chi connectivity index (χ0v) is 78.2. The molecule has 2 aromatic heterocycles. The van der Waals surface area contributed by atoms with Gasteiger partial charge in [0.05, 0.1) is 45.8 Å². The molecule has 27 N–H and O–H groups in total. The van der Waals surface area contributed by atoms with Gasteiger partial charge < -0.3 is 158 Å². The summed E-state index contributed by atoms with van der Waals surface area (Å²) in [4.78, 5) is 182. The second kappa shape index (κ2) is 45.1. The van der Waals surface area contributed by atoms with Crippen LogP contribution in [0.3, 0.4) is 0 Å². The van der Waals surface area contributed by atoms with Crippen LogP contribution in [0.25, 0.3) is 32.0 Å². The minimum Gasteiger partial charge on any atom is -0.476 e. The molecule has 24 atom stereocenters. The van der Waals surface area contributed by atoms with Crippen molar-refractivity contribution in [2.45, 2.75) is 109 Å². The fourth-order valence-corrected chi connectivity index (χ4v) is 23.8. The largest absolute Gasteiger partial charge is 0.490 e. The number of imidazole rings is 1. The van der Waals surface area contributed by atoms with E-state index in [-0.39, 0.29) is 58.6 Å². The minimum absolute atomic E-state index is 0.0215. The number of nitrogens with one attached hydrogen (secondary N) is 2. The van der Waals surface area contributed by atoms with Crippen molar-refractivity contribution in [2.75, 3.05) is 66.1 Å². The molecule has 7 aliphatic rings. The van der Waals surface area contributed by atoms with Gasteiger partial charge in [-0.3, -0.25) is 38.1 Å². The van der Waals surface area contributed by atoms with Crippen molar-refractivity contribution in [1.82, 2.24) is 45.0 Å². The Kier molecular flexibility index (Phi) is 39.4. The zero-order chi connectivity index (χ0) is 105. The van der Waals surface area contributed by atoms with E-state index in [1.165, 1.54) is 13.0 Å². The molecule has 1 amide bonds. The number of amidine groups is 2. The number of hydrogen-bond acceptors (Lipinski definition) is 49. The van der Waals surface area contributed by atoms with Crippen molar-refractivity contribution in [3.05, 3.63) is 107 Å². The lowest BCUT2D eigenvalue weighted by Crippen LogP contribution is -2.58. The molecule has 9 heterocycles. The molecule has 7 aliphatic heterocycles. The van der Waals surface area contributed by atoms with E-state index >= 15 is 8.78 Å². The Balaban J connectivity index is 0.000000281. The smallest absolute Gasteiger partial charge is 0.476 e. The maximum Gasteiger partial charge on any atom is 0.490 e. The molecule has 0 bridgehead atoms. The second-order valence-electron chi connectivity index (χ2n) is 27.1. The van der Waals surface area contributed by atoms with Gasteiger partial charge in [0.2, 0.25) is 5.88 Å². The van der Waals surface area contributed by atoms with Gasteiger partial charge in [-0.15, -0.1) is 0 Å². The van der Waals surface area contributed by atoms with Crippen molar-refractivity contribution < 1.29 is 276 Å². The van der Waals surface area contributed by atoms with Crippen molar-refractivity contribution in [3.8, 4) is 5.88 Å². The highest BCUT2D eigenvalue weighted by Crippen LogP contribution is 2.71. The molecule has 0 spiro atoms. The van der Waals surface area contributed by atoms with Crippen LogP contribution in [0.2, 0.25) is 0 Å². The number of hydroxylamine groups is 1. The molecule has 8 unspecified atom stereocenters. The van der Waals surface area contributed by atoms with E-state index in [1.54, 1.807) is 12.4 Å². The van der Waals surface area contributed by atoms with E-state index in [2.05, 4.69) is 123 Å². The number of phosphoric acid groups is 12. The normalized spacial score (nSPS) is 31.5. The molecule has 137 heavy (non-hydrogen) atoms. The first-order valence-corrected chi connectivity index (χ1v) is 53.0. The number of halogens is 6. The number of azide groups is 2. The molecule has 0 radical (unpaired) electrons. The van der Waals surface area contributed by atoms with E-state index in [4.69, 9.17) is 94.6 Å². The standard InChI is InChI=1S/C14H21FN7O13P3.C12H20F2N3O13P3.C11H17F2N2O14P3.C11H18FN6O13P3/c1-3-31-12-9-11(19-7(2)20-12)22(6-17-9)13-8(15)10(23)14(33-13,4-18-21-16)5-32-37(27,28)35-38(29,30)34-36(24,25)26;1-7-16-8(15)2-3-17(7)10-12(19,5-14)9(18)11(4-13,28-10)6-27-32(23,24)30-33(25,26)29-31(20,21)22;1-6-14-7(16)2-3-15(6)9-10(18,4-12)8(17)11(13,27-9)5-26-31(22,23)29-32(24,25)28-30(19,20)21;1-6-15-7(16-20)2-3-18(6)10-8(12)9(19)11(29-10,4-14-17-13)5-28-33(24,25)31-34(26,27)30-32(21,22)23/h6,8,10,13,23H,3-5H2,1-2H3,(H,27,28)(H,29,30)(H2,24,25,26);2-3,9-10,18-19H,1,4-6H2,(H2,15,16)(H,23,24)(H,25,26)(H2,20,21,22);2-3,8-9,17-18H,1,4-5H2,(H,14,16)(H,22,23)(H,24,25)(H2,19,20,21);2-3,8-10,19-20H,1,4-5H2,(H,15,16)(H,24,25)(H,26,27)(H2,21,22,23)/t8-,10+,13-,14-;9-,10-,11-,12-;8-,9+,10+,11+;8-,9+,10-,11-/m1101/s1. The topological polar surface area (TPSA) is 1070 Å². The molecule has 0 aliphatic carbocycles. The first kappa shape index (κ1) is 120. The Morgan fingerprint density at radius 3 is 1.33 bits per heavy atom. The van der Waals surface area contributed by atoms with Crippen LogP contribution in [0.15, 0.2) is 101 Å². The third-order valence-electron chi connectivity index (χ3n) is 17.1. The molecule has 0 aromatic carbocycles. The van der Waals surface area contributed by atoms with Gasteiger partial charge in [-0.1, -0.05) is 30.0 Å². The molecular formula is C48H76F6N18O53P12. The van der Waals surface area contributed by atoms with Gasteiger partial charge in [0.15, 0.2) is 77.2 Å². The molecule has 9 rings (SSSR count). The zero-order valence-electron chi connectivity index (χ0n) is 67.5. The number of nitrogens with zero attached hydrogens (tertiary/aromatic N) is 15. The minimum atomic E-state index is -5.92. The summed E-state index contributed by atoms with van der Waals surface area (Å²) in [6.07, 6.45) is -14.3. The van der Waals surface area contributed by atoms with Crippen molar-refractivity contribution in [1.29, 1.82) is 0 Å². The monoisotopic (exact) mass is 2240 g/mol. The number of rotatable bonds is 41. The summed E-state index contributed by atoms with van der Waals surface area (Å²) >= 11 is 0. The molecule has 2 aromatic rings. The van der Waals surface area contributed by atoms with E-state index < -0.39 is 255 Å². The molecule has 4 saturated heterocycles. The van der Waals surface area contributed by atoms with Gasteiger partial charge in [0.25, 0.3) is 11.8 Å². The third-order valence-corrected chi connectivity index (χ3v) is 32.2. The molecule has 89 heteroatoms. The van der Waals surface area contributed by atoms with E-state index in [0.717, 1.165) is 56.3 Å². The Morgan fingerprint density at radius 2 is 0.934 bits per heavy atom. The van der Waals surface area contributed by atoms with Gasteiger partial charge in [0, 0.05) is 34.5 Å². The predicted molar refractivity (Wildman–Crippen MR) is 419 cm³/mol. The Morgan fingerprint density at radius 1 is 0.540 bits per heavy atom. The maximum absolute atomic E-state index is 15.4. The molecule has 778 valence electrons. The first-order chi connectivity index (χ1) is 62.3. The molecule has 0 saturated carbocycles. The highest BCUT2D eigenvalue weighted by molar-refractivity contribution is 7.68. The van der Waals surface area contributed by atoms with Crippen molar-refractivity contribution >= 4 is 123 Å². The first-order valence-electron chi connectivity index (χ1n) is 34.9. The van der Waals surface area contributed by atoms with Gasteiger partial charge in [-0.05, 0) is 37.1 Å². The Hall–Kier alpha value is -6.00. The van der Waals surface area contributed by atoms with Gasteiger partial charge in [-0.25, -0.2) is 101 Å². The number of phosphoric ester groups is 4. The number of alkyl halides is 6. The molecule has 71 nitrogen and oxygen atoms in total. The van der Waals surface area contributed by atoms with Crippen LogP contribution in [0.4, 0.5) is 26.3 Å². The number of carbonyl (C=O) groups is 1. The molecular weight excluding hydrogens is 2160 g/mol. The number of carbonyl (C=O) groups excluding carboxylic acids is 1. The number of aliphatic imine (C=N–C) groups is 2. The summed E-state index contributed by atoms with van der Waals surface area (Å²) in [6, 6.07) is 0. The summed E-state index contributed by atoms with van der Waals surface area (Å²) < 4.78 is 296. The van der Waals surface area contributed by atoms with Gasteiger partial charge in [-0.2, -0.15) is 39.5 Å². The fourth-order valence-electron chi connectivity index (χ4n) is 11.6. The highest BCUT2D eigenvalue weighted by Gasteiger charge is 2.69. The SMILES string of the molecule is C=C1N=C(N)C=CN1[C@@H]1O[C@](CF)(COP(=O)(O)OP(=O)(O)OP(=O)(O)O)[C@@H](O)[C@]1(O)CF.C=C1N=C(NO)C=CN1[C@@H]1O[C@](CN=[N+]=[N-])(COP(=O)(O)OP(=O)(O)OP(=O)(O)O)[C@@H](O)[C@H]1F.C=C1NC(=O)C=CN1[C@@H]1O[C@](F)(COP(=O)(O)OP(=O)(O)OP(=O)(O)O)[C@@H](O)[C@]1(O)CF.CCOc1nc(C)nc2c1ncn2[C@@H]1O[C@](CN=[N+]=[N-])(COP(=O)(O)OP(=O)(O)OP(=O)(O)O)[C@@H](O)[C@H]1F. The number of aromatic nitrogens is 4. The Labute approximate surface area is 755 Å². The summed E-state index contributed by atoms with van der Waals surface area (Å²) in [6.45, 7) is 0.757. The van der Waals surface area contributed by atoms with Crippen LogP contribution in [-0.4, -0.2) is 321 Å². The number of amides is 1. The summed E-state index contributed by atoms with van der Waals surface area (Å²) in [7, 11) is -69.1. The number of aryl methyl sites for hydroxylation is 1. The number of nitrogens with two attached hydrogens (primary N) is 1. The number of aliphatic hydroxyl groups excluding tert-OH is 4. The summed E-state index contributed by atoms with van der Waals surface area (Å²) in [5.41, 5.74) is 11.2. The molecule has 4 fully saturated rings. The van der Waals surface area contributed by atoms with Crippen LogP contribution in [-0.2, 0) is 131 Å². The van der Waals surface area contributed by atoms with E-state index in [0.29, 0.717) is 0 Å². The van der Waals surface area contributed by atoms with Gasteiger partial charge >= 0.3 is 93.9 Å². The van der Waals surface area contributed by atoms with E-state index in [9.17, 15) is 137 Å². The van der Waals surface area contributed by atoms with Crippen LogP contribution >= 0.6 is 93.9 Å². The lowest BCUT2D eigenvalue weighted by Gasteiger charge is -2.37. The Bertz CT molecular complexity index is 5740. The maximum atomic E-state index is 15.4. The number of aliphatic hydroxyl groups is 6.